The van der Waals surface area contributed by atoms with Gasteiger partial charge < -0.3 is 10.2 Å². The topological polar surface area (TPSA) is 66.2 Å². The Morgan fingerprint density at radius 1 is 1.38 bits per heavy atom. The van der Waals surface area contributed by atoms with Crippen molar-refractivity contribution in [3.05, 3.63) is 23.2 Å². The van der Waals surface area contributed by atoms with Gasteiger partial charge in [-0.15, -0.1) is 0 Å². The third kappa shape index (κ3) is 2.87. The second kappa shape index (κ2) is 4.85. The summed E-state index contributed by atoms with van der Waals surface area (Å²) in [5, 5.41) is 19.3. The first-order valence-electron chi connectivity index (χ1n) is 3.54. The average molecular weight is 268 g/mol. The summed E-state index contributed by atoms with van der Waals surface area (Å²) in [6.45, 7) is 0. The Labute approximate surface area is 88.7 Å². The molecule has 0 spiro atoms. The van der Waals surface area contributed by atoms with E-state index < -0.39 is 12.2 Å². The summed E-state index contributed by atoms with van der Waals surface area (Å²) in [7, 11) is 0. The first kappa shape index (κ1) is 10.8. The van der Waals surface area contributed by atoms with Gasteiger partial charge in [-0.1, -0.05) is 27.5 Å². The molecule has 0 aliphatic carbocycles. The van der Waals surface area contributed by atoms with Crippen LogP contribution < -0.4 is 0 Å². The molecule has 0 saturated carbocycles. The minimum absolute atomic E-state index is 0.163. The Bertz CT molecular complexity index is 270. The van der Waals surface area contributed by atoms with Gasteiger partial charge in [-0.3, -0.25) is 0 Å². The van der Waals surface area contributed by atoms with Gasteiger partial charge in [-0.05, 0) is 0 Å². The minimum Gasteiger partial charge on any atom is -0.389 e. The van der Waals surface area contributed by atoms with Gasteiger partial charge in [-0.25, -0.2) is 9.97 Å². The molecule has 13 heavy (non-hydrogen) atoms. The molecule has 6 heteroatoms. The number of aliphatic hydroxyl groups excluding tert-OH is 2. The van der Waals surface area contributed by atoms with E-state index in [1.807, 2.05) is 0 Å². The zero-order valence-electron chi connectivity index (χ0n) is 6.56. The first-order valence-corrected chi connectivity index (χ1v) is 5.04. The summed E-state index contributed by atoms with van der Waals surface area (Å²) < 4.78 is 0. The van der Waals surface area contributed by atoms with Crippen LogP contribution in [0.4, 0.5) is 0 Å². The molecule has 4 nitrogen and oxygen atoms in total. The van der Waals surface area contributed by atoms with E-state index in [1.54, 1.807) is 0 Å². The average Bonchev–Trinajstić information content (AvgIpc) is 2.17. The molecule has 2 atom stereocenters. The molecule has 2 N–H and O–H groups in total. The smallest absolute Gasteiger partial charge is 0.159 e. The van der Waals surface area contributed by atoms with Crippen molar-refractivity contribution in [3.8, 4) is 0 Å². The third-order valence-electron chi connectivity index (χ3n) is 1.43. The van der Waals surface area contributed by atoms with E-state index in [9.17, 15) is 10.2 Å². The summed E-state index contributed by atoms with van der Waals surface area (Å²) >= 11 is 8.59. The van der Waals surface area contributed by atoms with Crippen LogP contribution in [0.3, 0.4) is 0 Å². The van der Waals surface area contributed by atoms with Crippen molar-refractivity contribution < 1.29 is 10.2 Å². The molecular formula is C7H8BrClN2O2. The number of hydrogen-bond donors (Lipinski definition) is 2. The molecular weight excluding hydrogens is 259 g/mol. The second-order valence-corrected chi connectivity index (χ2v) is 3.51. The lowest BCUT2D eigenvalue weighted by Crippen LogP contribution is -2.21. The Balaban J connectivity index is 2.77. The van der Waals surface area contributed by atoms with Crippen molar-refractivity contribution in [3.63, 3.8) is 0 Å². The van der Waals surface area contributed by atoms with E-state index in [0.717, 1.165) is 0 Å². The lowest BCUT2D eigenvalue weighted by molar-refractivity contribution is 0.0285. The van der Waals surface area contributed by atoms with Gasteiger partial charge in [-0.2, -0.15) is 0 Å². The fourth-order valence-corrected chi connectivity index (χ4v) is 1.18. The second-order valence-electron chi connectivity index (χ2n) is 2.43. The van der Waals surface area contributed by atoms with E-state index >= 15 is 0 Å². The van der Waals surface area contributed by atoms with Crippen LogP contribution in [0.15, 0.2) is 12.4 Å². The number of rotatable bonds is 3. The fourth-order valence-electron chi connectivity index (χ4n) is 0.731. The van der Waals surface area contributed by atoms with Gasteiger partial charge in [0.25, 0.3) is 0 Å². The molecule has 0 fully saturated rings. The molecule has 72 valence electrons. The van der Waals surface area contributed by atoms with Crippen LogP contribution in [-0.4, -0.2) is 31.6 Å². The number of aliphatic hydroxyl groups is 2. The first-order chi connectivity index (χ1) is 6.15. The quantitative estimate of drug-likeness (QED) is 0.799. The molecule has 0 radical (unpaired) electrons. The maximum absolute atomic E-state index is 9.43. The molecule has 0 aliphatic heterocycles. The van der Waals surface area contributed by atoms with Gasteiger partial charge in [0.15, 0.2) is 5.82 Å². The monoisotopic (exact) mass is 266 g/mol. The van der Waals surface area contributed by atoms with Gasteiger partial charge in [0.2, 0.25) is 0 Å². The number of hydrogen-bond acceptors (Lipinski definition) is 4. The van der Waals surface area contributed by atoms with Gasteiger partial charge >= 0.3 is 0 Å². The van der Waals surface area contributed by atoms with Gasteiger partial charge in [0.05, 0.1) is 11.1 Å². The molecule has 0 bridgehead atoms. The number of alkyl halides is 1. The van der Waals surface area contributed by atoms with Crippen LogP contribution in [0.25, 0.3) is 0 Å². The number of aromatic nitrogens is 2. The van der Waals surface area contributed by atoms with Crippen LogP contribution in [-0.2, 0) is 0 Å². The van der Waals surface area contributed by atoms with Crippen LogP contribution in [0.2, 0.25) is 5.02 Å². The Hall–Kier alpha value is -0.230. The molecule has 0 aromatic carbocycles. The SMILES string of the molecule is OC(CBr)C(O)c1ncc(Cl)cn1. The third-order valence-corrected chi connectivity index (χ3v) is 2.29. The molecule has 0 aliphatic rings. The maximum Gasteiger partial charge on any atom is 0.159 e. The zero-order valence-corrected chi connectivity index (χ0v) is 8.90. The highest BCUT2D eigenvalue weighted by molar-refractivity contribution is 9.09. The van der Waals surface area contributed by atoms with Crippen LogP contribution in [0.1, 0.15) is 11.9 Å². The van der Waals surface area contributed by atoms with Crippen LogP contribution >= 0.6 is 27.5 Å². The van der Waals surface area contributed by atoms with Crippen molar-refractivity contribution in [2.45, 2.75) is 12.2 Å². The van der Waals surface area contributed by atoms with Crippen LogP contribution in [0.5, 0.6) is 0 Å². The lowest BCUT2D eigenvalue weighted by Gasteiger charge is -2.13. The Kier molecular flexibility index (Phi) is 4.05. The standard InChI is InChI=1S/C7H8BrClN2O2/c8-1-5(12)6(13)7-10-2-4(9)3-11-7/h2-3,5-6,12-13H,1H2. The summed E-state index contributed by atoms with van der Waals surface area (Å²) in [6.07, 6.45) is 0.736. The Morgan fingerprint density at radius 2 is 1.92 bits per heavy atom. The predicted molar refractivity (Wildman–Crippen MR) is 51.8 cm³/mol. The zero-order chi connectivity index (χ0) is 9.84. The largest absolute Gasteiger partial charge is 0.389 e. The predicted octanol–water partition coefficient (Wildman–Crippen LogP) is 0.919. The molecule has 1 aromatic rings. The van der Waals surface area contributed by atoms with Crippen molar-refractivity contribution in [2.75, 3.05) is 5.33 Å². The number of nitrogens with zero attached hydrogens (tertiary/aromatic N) is 2. The summed E-state index contributed by atoms with van der Waals surface area (Å²) in [5.74, 6) is 0.163. The highest BCUT2D eigenvalue weighted by atomic mass is 79.9. The van der Waals surface area contributed by atoms with Gasteiger partial charge in [0.1, 0.15) is 6.10 Å². The Morgan fingerprint density at radius 3 is 2.38 bits per heavy atom. The summed E-state index contributed by atoms with van der Waals surface area (Å²) in [4.78, 5) is 7.55. The van der Waals surface area contributed by atoms with Crippen molar-refractivity contribution >= 4 is 27.5 Å². The molecule has 1 rings (SSSR count). The molecule has 1 heterocycles. The summed E-state index contributed by atoms with van der Waals surface area (Å²) in [5.41, 5.74) is 0. The van der Waals surface area contributed by atoms with E-state index in [0.29, 0.717) is 5.02 Å². The number of halogens is 2. The normalized spacial score (nSPS) is 15.4. The van der Waals surface area contributed by atoms with E-state index in [4.69, 9.17) is 11.6 Å². The van der Waals surface area contributed by atoms with E-state index in [-0.39, 0.29) is 11.2 Å². The highest BCUT2D eigenvalue weighted by Gasteiger charge is 2.19. The van der Waals surface area contributed by atoms with E-state index in [1.165, 1.54) is 12.4 Å². The highest BCUT2D eigenvalue weighted by Crippen LogP contribution is 2.14. The fraction of sp³-hybridized carbons (Fsp3) is 0.429. The summed E-state index contributed by atoms with van der Waals surface area (Å²) in [6, 6.07) is 0. The van der Waals surface area contributed by atoms with Crippen molar-refractivity contribution in [1.29, 1.82) is 0 Å². The van der Waals surface area contributed by atoms with Gasteiger partial charge in [0, 0.05) is 17.7 Å². The molecule has 0 amide bonds. The van der Waals surface area contributed by atoms with Crippen molar-refractivity contribution in [2.24, 2.45) is 0 Å². The molecule has 2 unspecified atom stereocenters. The maximum atomic E-state index is 9.43. The molecule has 0 saturated heterocycles. The van der Waals surface area contributed by atoms with Crippen molar-refractivity contribution in [1.82, 2.24) is 9.97 Å². The lowest BCUT2D eigenvalue weighted by atomic mass is 10.2. The molecule has 1 aromatic heterocycles. The van der Waals surface area contributed by atoms with Crippen LogP contribution in [0, 0.1) is 0 Å². The van der Waals surface area contributed by atoms with E-state index in [2.05, 4.69) is 25.9 Å². The minimum atomic E-state index is -1.09.